The monoisotopic (exact) mass is 638 g/mol. The summed E-state index contributed by atoms with van der Waals surface area (Å²) in [6.45, 7) is 0. The molecule has 0 bridgehead atoms. The lowest BCUT2D eigenvalue weighted by molar-refractivity contribution is 0.330. The molecular weight excluding hydrogens is 616 g/mol. The molecule has 12 N–H and O–H groups in total. The third-order valence-corrected chi connectivity index (χ3v) is 6.00. The van der Waals surface area contributed by atoms with Crippen molar-refractivity contribution in [1.82, 2.24) is 0 Å². The zero-order valence-corrected chi connectivity index (χ0v) is 22.8. The van der Waals surface area contributed by atoms with Crippen molar-refractivity contribution in [3.63, 3.8) is 0 Å². The second-order valence-electron chi connectivity index (χ2n) is 9.41. The van der Waals surface area contributed by atoms with Gasteiger partial charge in [-0.15, -0.1) is 0 Å². The molecule has 0 aliphatic carbocycles. The number of hydrogen-bond donors (Lipinski definition) is 12. The van der Waals surface area contributed by atoms with Crippen LogP contribution in [0.2, 0.25) is 0 Å². The number of ether oxygens (including phenoxy) is 4. The van der Waals surface area contributed by atoms with Crippen molar-refractivity contribution in [1.29, 1.82) is 0 Å². The van der Waals surface area contributed by atoms with Crippen LogP contribution in [0.4, 0.5) is 0 Å². The second kappa shape index (κ2) is 11.5. The SMILES string of the molecule is Oc1cc(O)c(Oc2cc(O)c(Oc3cc(O)cc(Oc4c(O)cc(Oc5c(O)cc(O)cc5O)cc4O)c3O)c(O)c2)c(O)c1. The summed E-state index contributed by atoms with van der Waals surface area (Å²) in [7, 11) is 0. The minimum absolute atomic E-state index is 0.308. The fourth-order valence-electron chi connectivity index (χ4n) is 4.03. The maximum absolute atomic E-state index is 10.8. The molecule has 0 heterocycles. The van der Waals surface area contributed by atoms with Gasteiger partial charge in [0.15, 0.2) is 57.5 Å². The molecule has 0 saturated carbocycles. The fraction of sp³-hybridized carbons (Fsp3) is 0. The maximum Gasteiger partial charge on any atom is 0.211 e. The Morgan fingerprint density at radius 2 is 0.522 bits per heavy atom. The van der Waals surface area contributed by atoms with Crippen LogP contribution in [0.3, 0.4) is 0 Å². The summed E-state index contributed by atoms with van der Waals surface area (Å²) in [6.07, 6.45) is 0. The standard InChI is InChI=1S/C30H22O16/c31-11-1-16(34)27(17(35)2-11)43-14-7-20(38)29(21(39)8-14)45-24-5-13(33)6-25(26(24)42)46-30-22(40)9-15(10-23(30)41)44-28-18(36)3-12(32)4-19(28)37/h1-10,31-42H. The largest absolute Gasteiger partial charge is 0.508 e. The Morgan fingerprint density at radius 3 is 0.826 bits per heavy atom. The highest BCUT2D eigenvalue weighted by atomic mass is 16.5. The van der Waals surface area contributed by atoms with E-state index in [2.05, 4.69) is 0 Å². The Kier molecular flexibility index (Phi) is 7.61. The number of phenolic OH excluding ortho intramolecular Hbond substituents is 12. The molecule has 0 aliphatic rings. The second-order valence-corrected chi connectivity index (χ2v) is 9.41. The van der Waals surface area contributed by atoms with Crippen LogP contribution in [0, 0.1) is 0 Å². The van der Waals surface area contributed by atoms with E-state index >= 15 is 0 Å². The summed E-state index contributed by atoms with van der Waals surface area (Å²) in [5.41, 5.74) is 0. The number of phenols is 12. The van der Waals surface area contributed by atoms with Crippen molar-refractivity contribution in [2.24, 2.45) is 0 Å². The van der Waals surface area contributed by atoms with E-state index in [0.29, 0.717) is 0 Å². The molecule has 46 heavy (non-hydrogen) atoms. The first-order chi connectivity index (χ1) is 21.7. The summed E-state index contributed by atoms with van der Waals surface area (Å²) >= 11 is 0. The summed E-state index contributed by atoms with van der Waals surface area (Å²) in [5.74, 6) is -12.3. The molecule has 0 fully saturated rings. The van der Waals surface area contributed by atoms with Gasteiger partial charge >= 0.3 is 0 Å². The molecule has 0 aliphatic heterocycles. The van der Waals surface area contributed by atoms with Crippen LogP contribution in [0.5, 0.6) is 115 Å². The van der Waals surface area contributed by atoms with Crippen molar-refractivity contribution >= 4 is 0 Å². The van der Waals surface area contributed by atoms with Crippen LogP contribution in [0.1, 0.15) is 0 Å². The average molecular weight is 638 g/mol. The first-order valence-corrected chi connectivity index (χ1v) is 12.6. The first-order valence-electron chi connectivity index (χ1n) is 12.6. The molecule has 0 radical (unpaired) electrons. The van der Waals surface area contributed by atoms with Crippen LogP contribution in [0.25, 0.3) is 0 Å². The van der Waals surface area contributed by atoms with Gasteiger partial charge in [0.2, 0.25) is 28.7 Å². The van der Waals surface area contributed by atoms with Crippen LogP contribution in [-0.4, -0.2) is 61.3 Å². The van der Waals surface area contributed by atoms with Gasteiger partial charge in [0.1, 0.15) is 28.7 Å². The van der Waals surface area contributed by atoms with Crippen LogP contribution < -0.4 is 18.9 Å². The highest BCUT2D eigenvalue weighted by Gasteiger charge is 2.23. The molecule has 16 heteroatoms. The predicted octanol–water partition coefficient (Wildman–Crippen LogP) is 5.32. The number of rotatable bonds is 8. The lowest BCUT2D eigenvalue weighted by Gasteiger charge is -2.17. The zero-order valence-electron chi connectivity index (χ0n) is 22.8. The summed E-state index contributed by atoms with van der Waals surface area (Å²) < 4.78 is 21.3. The topological polar surface area (TPSA) is 280 Å². The third-order valence-electron chi connectivity index (χ3n) is 6.00. The van der Waals surface area contributed by atoms with Crippen molar-refractivity contribution in [3.8, 4) is 115 Å². The Bertz CT molecular complexity index is 1760. The van der Waals surface area contributed by atoms with Crippen molar-refractivity contribution in [3.05, 3.63) is 60.7 Å². The molecule has 5 rings (SSSR count). The fourth-order valence-corrected chi connectivity index (χ4v) is 4.03. The number of hydrogen-bond acceptors (Lipinski definition) is 16. The van der Waals surface area contributed by atoms with Crippen LogP contribution >= 0.6 is 0 Å². The van der Waals surface area contributed by atoms with E-state index in [1.54, 1.807) is 0 Å². The van der Waals surface area contributed by atoms with Gasteiger partial charge in [-0.3, -0.25) is 0 Å². The molecule has 238 valence electrons. The summed E-state index contributed by atoms with van der Waals surface area (Å²) in [4.78, 5) is 0. The smallest absolute Gasteiger partial charge is 0.211 e. The summed E-state index contributed by atoms with van der Waals surface area (Å²) in [6, 6.07) is 8.80. The highest BCUT2D eigenvalue weighted by Crippen LogP contribution is 2.52. The van der Waals surface area contributed by atoms with Gasteiger partial charge < -0.3 is 80.2 Å². The van der Waals surface area contributed by atoms with Gasteiger partial charge in [-0.1, -0.05) is 0 Å². The molecule has 0 amide bonds. The van der Waals surface area contributed by atoms with Crippen LogP contribution in [0.15, 0.2) is 60.7 Å². The average Bonchev–Trinajstić information content (AvgIpc) is 2.94. The Morgan fingerprint density at radius 1 is 0.283 bits per heavy atom. The van der Waals surface area contributed by atoms with E-state index in [-0.39, 0.29) is 11.5 Å². The predicted molar refractivity (Wildman–Crippen MR) is 152 cm³/mol. The van der Waals surface area contributed by atoms with Gasteiger partial charge in [-0.05, 0) is 0 Å². The minimum atomic E-state index is -0.853. The Balaban J connectivity index is 1.40. The number of aromatic hydroxyl groups is 12. The number of benzene rings is 5. The molecule has 0 saturated heterocycles. The van der Waals surface area contributed by atoms with E-state index in [1.165, 1.54) is 0 Å². The molecule has 16 nitrogen and oxygen atoms in total. The molecule has 5 aromatic carbocycles. The third kappa shape index (κ3) is 6.02. The Hall–Kier alpha value is -7.10. The van der Waals surface area contributed by atoms with Crippen molar-refractivity contribution in [2.45, 2.75) is 0 Å². The lowest BCUT2D eigenvalue weighted by atomic mass is 10.2. The van der Waals surface area contributed by atoms with Gasteiger partial charge in [-0.25, -0.2) is 0 Å². The quantitative estimate of drug-likeness (QED) is 0.0957. The normalized spacial score (nSPS) is 10.8. The van der Waals surface area contributed by atoms with Crippen molar-refractivity contribution < 1.29 is 80.2 Å². The van der Waals surface area contributed by atoms with Gasteiger partial charge in [0.05, 0.1) is 0 Å². The zero-order chi connectivity index (χ0) is 33.4. The first kappa shape index (κ1) is 30.4. The molecule has 5 aromatic rings. The van der Waals surface area contributed by atoms with E-state index in [9.17, 15) is 61.3 Å². The minimum Gasteiger partial charge on any atom is -0.508 e. The van der Waals surface area contributed by atoms with Gasteiger partial charge in [0.25, 0.3) is 0 Å². The van der Waals surface area contributed by atoms with E-state index in [1.807, 2.05) is 0 Å². The molecule has 0 aromatic heterocycles. The summed E-state index contributed by atoms with van der Waals surface area (Å²) in [5, 5.41) is 121. The molecule has 0 unspecified atom stereocenters. The van der Waals surface area contributed by atoms with Gasteiger partial charge in [-0.2, -0.15) is 0 Å². The molecule has 0 spiro atoms. The highest BCUT2D eigenvalue weighted by molar-refractivity contribution is 5.64. The Labute approximate surface area is 256 Å². The van der Waals surface area contributed by atoms with Crippen molar-refractivity contribution in [2.75, 3.05) is 0 Å². The van der Waals surface area contributed by atoms with Gasteiger partial charge in [0, 0.05) is 60.7 Å². The lowest BCUT2D eigenvalue weighted by Crippen LogP contribution is -1.93. The maximum atomic E-state index is 10.8. The van der Waals surface area contributed by atoms with E-state index in [0.717, 1.165) is 60.7 Å². The molecular formula is C30H22O16. The van der Waals surface area contributed by atoms with Crippen LogP contribution in [-0.2, 0) is 0 Å². The van der Waals surface area contributed by atoms with E-state index < -0.39 is 103 Å². The van der Waals surface area contributed by atoms with E-state index in [4.69, 9.17) is 18.9 Å². The molecule has 0 atom stereocenters.